The fourth-order valence-electron chi connectivity index (χ4n) is 2.61. The van der Waals surface area contributed by atoms with E-state index in [9.17, 15) is 0 Å². The van der Waals surface area contributed by atoms with Crippen LogP contribution in [0.4, 0.5) is 5.95 Å². The summed E-state index contributed by atoms with van der Waals surface area (Å²) in [5, 5.41) is 3.53. The number of rotatable bonds is 5. The Morgan fingerprint density at radius 2 is 2.16 bits per heavy atom. The van der Waals surface area contributed by atoms with Crippen LogP contribution in [0.25, 0.3) is 0 Å². The lowest BCUT2D eigenvalue weighted by atomic mass is 10.3. The van der Waals surface area contributed by atoms with E-state index in [2.05, 4.69) is 39.8 Å². The van der Waals surface area contributed by atoms with Gasteiger partial charge >= 0.3 is 0 Å². The van der Waals surface area contributed by atoms with Crippen LogP contribution in [-0.4, -0.2) is 53.3 Å². The molecule has 0 spiro atoms. The average molecular weight is 264 g/mol. The number of nitrogens with one attached hydrogen (secondary N) is 1. The normalized spacial score (nSPS) is 22.4. The predicted octanol–water partition coefficient (Wildman–Crippen LogP) is 1.66. The molecule has 1 aliphatic carbocycles. The van der Waals surface area contributed by atoms with E-state index in [0.717, 1.165) is 44.5 Å². The molecule has 1 aromatic rings. The Labute approximate surface area is 114 Å². The van der Waals surface area contributed by atoms with Gasteiger partial charge in [-0.3, -0.25) is 4.90 Å². The van der Waals surface area contributed by atoms with Crippen molar-refractivity contribution in [3.05, 3.63) is 11.9 Å². The number of anilines is 1. The van der Waals surface area contributed by atoms with Crippen LogP contribution in [0.5, 0.6) is 0 Å². The maximum Gasteiger partial charge on any atom is 0.203 e. The molecule has 0 amide bonds. The van der Waals surface area contributed by atoms with Crippen molar-refractivity contribution in [3.63, 3.8) is 0 Å². The summed E-state index contributed by atoms with van der Waals surface area (Å²) < 4.78 is 7.70. The Morgan fingerprint density at radius 3 is 2.84 bits per heavy atom. The van der Waals surface area contributed by atoms with Gasteiger partial charge < -0.3 is 14.6 Å². The molecule has 2 fully saturated rings. The number of aromatic nitrogens is 2. The minimum absolute atomic E-state index is 0.445. The first-order chi connectivity index (χ1) is 9.22. The first-order valence-corrected chi connectivity index (χ1v) is 7.34. The molecule has 0 radical (unpaired) electrons. The van der Waals surface area contributed by atoms with Gasteiger partial charge in [0.25, 0.3) is 0 Å². The molecule has 19 heavy (non-hydrogen) atoms. The van der Waals surface area contributed by atoms with Gasteiger partial charge in [-0.15, -0.1) is 0 Å². The molecule has 3 rings (SSSR count). The third kappa shape index (κ3) is 3.28. The molecule has 2 aliphatic rings. The van der Waals surface area contributed by atoms with E-state index < -0.39 is 0 Å². The van der Waals surface area contributed by atoms with Gasteiger partial charge in [0.15, 0.2) is 0 Å². The zero-order valence-corrected chi connectivity index (χ0v) is 11.9. The van der Waals surface area contributed by atoms with E-state index in [1.54, 1.807) is 0 Å². The highest BCUT2D eigenvalue weighted by Gasteiger charge is 2.24. The highest BCUT2D eigenvalue weighted by atomic mass is 16.5. The molecule has 2 heterocycles. The molecule has 1 unspecified atom stereocenters. The van der Waals surface area contributed by atoms with Gasteiger partial charge in [0, 0.05) is 37.9 Å². The SMILES string of the molecule is Cc1cn(C(C)CN2CCOCC2)c(NC2CC2)n1. The largest absolute Gasteiger partial charge is 0.379 e. The molecule has 1 aromatic heterocycles. The van der Waals surface area contributed by atoms with E-state index in [-0.39, 0.29) is 0 Å². The average Bonchev–Trinajstić information content (AvgIpc) is 3.13. The Balaban J connectivity index is 1.65. The molecule has 106 valence electrons. The van der Waals surface area contributed by atoms with Crippen molar-refractivity contribution < 1.29 is 4.74 Å². The Morgan fingerprint density at radius 1 is 1.42 bits per heavy atom. The number of imidazole rings is 1. The lowest BCUT2D eigenvalue weighted by Crippen LogP contribution is -2.39. The van der Waals surface area contributed by atoms with Crippen LogP contribution in [0.3, 0.4) is 0 Å². The van der Waals surface area contributed by atoms with Crippen molar-refractivity contribution >= 4 is 5.95 Å². The summed E-state index contributed by atoms with van der Waals surface area (Å²) in [5.41, 5.74) is 1.09. The van der Waals surface area contributed by atoms with Crippen LogP contribution in [-0.2, 0) is 4.74 Å². The van der Waals surface area contributed by atoms with Crippen LogP contribution in [0.15, 0.2) is 6.20 Å². The molecule has 0 aromatic carbocycles. The molecule has 1 aliphatic heterocycles. The summed E-state index contributed by atoms with van der Waals surface area (Å²) in [6.07, 6.45) is 4.73. The summed E-state index contributed by atoms with van der Waals surface area (Å²) in [7, 11) is 0. The Kier molecular flexibility index (Phi) is 3.75. The van der Waals surface area contributed by atoms with Crippen LogP contribution in [0.2, 0.25) is 0 Å². The van der Waals surface area contributed by atoms with Crippen LogP contribution in [0, 0.1) is 6.92 Å². The van der Waals surface area contributed by atoms with Crippen molar-refractivity contribution in [3.8, 4) is 0 Å². The van der Waals surface area contributed by atoms with Gasteiger partial charge in [-0.2, -0.15) is 0 Å². The summed E-state index contributed by atoms with van der Waals surface area (Å²) in [4.78, 5) is 7.09. The molecule has 1 saturated heterocycles. The molecule has 5 nitrogen and oxygen atoms in total. The zero-order valence-electron chi connectivity index (χ0n) is 11.9. The number of ether oxygens (including phenoxy) is 1. The molecule has 5 heteroatoms. The third-order valence-electron chi connectivity index (χ3n) is 3.86. The monoisotopic (exact) mass is 264 g/mol. The topological polar surface area (TPSA) is 42.3 Å². The fraction of sp³-hybridized carbons (Fsp3) is 0.786. The van der Waals surface area contributed by atoms with Crippen molar-refractivity contribution in [1.82, 2.24) is 14.5 Å². The third-order valence-corrected chi connectivity index (χ3v) is 3.86. The zero-order chi connectivity index (χ0) is 13.2. The summed E-state index contributed by atoms with van der Waals surface area (Å²) in [5.74, 6) is 1.04. The highest BCUT2D eigenvalue weighted by Crippen LogP contribution is 2.26. The van der Waals surface area contributed by atoms with Crippen molar-refractivity contribution in [2.75, 3.05) is 38.2 Å². The molecule has 1 saturated carbocycles. The lowest BCUT2D eigenvalue weighted by molar-refractivity contribution is 0.0326. The van der Waals surface area contributed by atoms with E-state index >= 15 is 0 Å². The highest BCUT2D eigenvalue weighted by molar-refractivity contribution is 5.32. The molecular weight excluding hydrogens is 240 g/mol. The van der Waals surface area contributed by atoms with E-state index in [1.807, 2.05) is 0 Å². The first-order valence-electron chi connectivity index (χ1n) is 7.34. The second-order valence-corrected chi connectivity index (χ2v) is 5.79. The minimum Gasteiger partial charge on any atom is -0.379 e. The fourth-order valence-corrected chi connectivity index (χ4v) is 2.61. The number of hydrogen-bond acceptors (Lipinski definition) is 4. The van der Waals surface area contributed by atoms with Gasteiger partial charge in [0.05, 0.1) is 18.9 Å². The maximum absolute atomic E-state index is 5.40. The summed E-state index contributed by atoms with van der Waals surface area (Å²) in [6.45, 7) is 9.22. The molecule has 1 atom stereocenters. The van der Waals surface area contributed by atoms with Gasteiger partial charge in [0.1, 0.15) is 0 Å². The van der Waals surface area contributed by atoms with E-state index in [1.165, 1.54) is 12.8 Å². The smallest absolute Gasteiger partial charge is 0.203 e. The van der Waals surface area contributed by atoms with Crippen molar-refractivity contribution in [1.29, 1.82) is 0 Å². The molecule has 1 N–H and O–H groups in total. The van der Waals surface area contributed by atoms with Crippen molar-refractivity contribution in [2.24, 2.45) is 0 Å². The lowest BCUT2D eigenvalue weighted by Gasteiger charge is -2.30. The van der Waals surface area contributed by atoms with E-state index in [0.29, 0.717) is 12.1 Å². The number of aryl methyl sites for hydroxylation is 1. The van der Waals surface area contributed by atoms with Gasteiger partial charge in [0.2, 0.25) is 5.95 Å². The van der Waals surface area contributed by atoms with Gasteiger partial charge in [-0.1, -0.05) is 0 Å². The first kappa shape index (κ1) is 12.9. The van der Waals surface area contributed by atoms with Gasteiger partial charge in [-0.25, -0.2) is 4.98 Å². The summed E-state index contributed by atoms with van der Waals surface area (Å²) >= 11 is 0. The minimum atomic E-state index is 0.445. The number of nitrogens with zero attached hydrogens (tertiary/aromatic N) is 3. The Hall–Kier alpha value is -1.07. The second-order valence-electron chi connectivity index (χ2n) is 5.79. The predicted molar refractivity (Wildman–Crippen MR) is 75.6 cm³/mol. The second kappa shape index (κ2) is 5.51. The Bertz CT molecular complexity index is 421. The standard InChI is InChI=1S/C14H24N4O/c1-11-9-18(14(15-11)16-13-3-4-13)12(2)10-17-5-7-19-8-6-17/h9,12-13H,3-8,10H2,1-2H3,(H,15,16). The number of hydrogen-bond donors (Lipinski definition) is 1. The molecular formula is C14H24N4O. The number of morpholine rings is 1. The summed E-state index contributed by atoms with van der Waals surface area (Å²) in [6, 6.07) is 1.09. The van der Waals surface area contributed by atoms with E-state index in [4.69, 9.17) is 4.74 Å². The van der Waals surface area contributed by atoms with Crippen LogP contribution >= 0.6 is 0 Å². The van der Waals surface area contributed by atoms with Crippen LogP contribution in [0.1, 0.15) is 31.5 Å². The van der Waals surface area contributed by atoms with Crippen molar-refractivity contribution in [2.45, 2.75) is 38.8 Å². The maximum atomic E-state index is 5.40. The quantitative estimate of drug-likeness (QED) is 0.878. The van der Waals surface area contributed by atoms with Crippen LogP contribution < -0.4 is 5.32 Å². The molecule has 0 bridgehead atoms. The van der Waals surface area contributed by atoms with Gasteiger partial charge in [-0.05, 0) is 26.7 Å².